The van der Waals surface area contributed by atoms with Crippen LogP contribution in [0.3, 0.4) is 0 Å². The van der Waals surface area contributed by atoms with Gasteiger partial charge in [-0.05, 0) is 37.8 Å². The fraction of sp³-hybridized carbons (Fsp3) is 0.586. The summed E-state index contributed by atoms with van der Waals surface area (Å²) in [6, 6.07) is 3.52. The molecule has 0 aliphatic carbocycles. The Morgan fingerprint density at radius 3 is 2.26 bits per heavy atom. The zero-order chi connectivity index (χ0) is 30.3. The molecular weight excluding hydrogens is 550 g/mol. The molecule has 13 nitrogen and oxygen atoms in total. The van der Waals surface area contributed by atoms with Gasteiger partial charge >= 0.3 is 5.97 Å². The lowest BCUT2D eigenvalue weighted by atomic mass is 10.0. The van der Waals surface area contributed by atoms with Crippen molar-refractivity contribution in [3.8, 4) is 0 Å². The molecule has 2 aliphatic rings. The van der Waals surface area contributed by atoms with E-state index in [1.165, 1.54) is 6.07 Å². The first-order chi connectivity index (χ1) is 20.3. The molecule has 230 valence electrons. The number of amides is 5. The SMILES string of the molecule is CCCC(=O)OCCOCCOCCOCCCCCC(=O)Nc1cccc2c1C(=O)N(C1CCC(=O)NC1=O)C2=O. The number of rotatable bonds is 19. The Balaban J connectivity index is 1.25. The van der Waals surface area contributed by atoms with Gasteiger partial charge in [0.15, 0.2) is 0 Å². The van der Waals surface area contributed by atoms with Crippen LogP contribution in [0.2, 0.25) is 0 Å². The third-order valence-corrected chi connectivity index (χ3v) is 6.62. The zero-order valence-corrected chi connectivity index (χ0v) is 23.9. The maximum atomic E-state index is 13.1. The van der Waals surface area contributed by atoms with Crippen molar-refractivity contribution in [3.05, 3.63) is 29.3 Å². The van der Waals surface area contributed by atoms with Crippen LogP contribution in [-0.4, -0.2) is 92.7 Å². The fourth-order valence-corrected chi connectivity index (χ4v) is 4.53. The second-order valence-electron chi connectivity index (χ2n) is 9.84. The molecule has 0 bridgehead atoms. The minimum atomic E-state index is -1.07. The monoisotopic (exact) mass is 589 g/mol. The highest BCUT2D eigenvalue weighted by Crippen LogP contribution is 2.32. The molecule has 0 aromatic heterocycles. The van der Waals surface area contributed by atoms with Gasteiger partial charge in [0.2, 0.25) is 17.7 Å². The van der Waals surface area contributed by atoms with Gasteiger partial charge in [-0.15, -0.1) is 0 Å². The van der Waals surface area contributed by atoms with E-state index >= 15 is 0 Å². The van der Waals surface area contributed by atoms with Crippen LogP contribution in [0.5, 0.6) is 0 Å². The standard InChI is InChI=1S/C29H39N3O10/c1-2-7-25(35)42-19-18-41-17-16-40-15-14-39-13-5-3-4-10-23(33)30-21-9-6-8-20-26(21)29(38)32(28(20)37)22-11-12-24(34)31-27(22)36/h6,8-9,22H,2-5,7,10-19H2,1H3,(H,30,33)(H,31,34,36). The number of esters is 1. The number of carbonyl (C=O) groups excluding carboxylic acids is 6. The van der Waals surface area contributed by atoms with Gasteiger partial charge in [-0.25, -0.2) is 0 Å². The molecule has 0 radical (unpaired) electrons. The number of carbonyl (C=O) groups is 6. The Kier molecular flexibility index (Phi) is 13.5. The lowest BCUT2D eigenvalue weighted by molar-refractivity contribution is -0.145. The zero-order valence-electron chi connectivity index (χ0n) is 23.9. The minimum absolute atomic E-state index is 0.0308. The van der Waals surface area contributed by atoms with E-state index in [0.29, 0.717) is 52.5 Å². The van der Waals surface area contributed by atoms with Crippen molar-refractivity contribution < 1.29 is 47.7 Å². The van der Waals surface area contributed by atoms with E-state index in [0.717, 1.165) is 24.2 Å². The third-order valence-electron chi connectivity index (χ3n) is 6.62. The van der Waals surface area contributed by atoms with Gasteiger partial charge in [0, 0.05) is 25.9 Å². The molecule has 1 aromatic carbocycles. The van der Waals surface area contributed by atoms with E-state index in [1.54, 1.807) is 12.1 Å². The highest BCUT2D eigenvalue weighted by Gasteiger charge is 2.45. The summed E-state index contributed by atoms with van der Waals surface area (Å²) >= 11 is 0. The first-order valence-corrected chi connectivity index (χ1v) is 14.4. The molecule has 1 saturated heterocycles. The summed E-state index contributed by atoms with van der Waals surface area (Å²) < 4.78 is 21.3. The number of piperidine rings is 1. The normalized spacial score (nSPS) is 16.4. The van der Waals surface area contributed by atoms with Gasteiger partial charge in [0.25, 0.3) is 11.8 Å². The van der Waals surface area contributed by atoms with Crippen LogP contribution in [-0.2, 0) is 38.1 Å². The van der Waals surface area contributed by atoms with Crippen LogP contribution < -0.4 is 10.6 Å². The summed E-state index contributed by atoms with van der Waals surface area (Å²) in [5.41, 5.74) is 0.381. The molecule has 5 amide bonds. The van der Waals surface area contributed by atoms with Crippen LogP contribution >= 0.6 is 0 Å². The average molecular weight is 590 g/mol. The van der Waals surface area contributed by atoms with Crippen LogP contribution in [0.25, 0.3) is 0 Å². The largest absolute Gasteiger partial charge is 0.463 e. The van der Waals surface area contributed by atoms with E-state index in [-0.39, 0.29) is 54.6 Å². The summed E-state index contributed by atoms with van der Waals surface area (Å²) in [7, 11) is 0. The van der Waals surface area contributed by atoms with Crippen LogP contribution in [0.15, 0.2) is 18.2 Å². The molecule has 1 aromatic rings. The summed E-state index contributed by atoms with van der Waals surface area (Å²) in [6.45, 7) is 4.72. The second kappa shape index (κ2) is 17.3. The summed E-state index contributed by atoms with van der Waals surface area (Å²) in [5.74, 6) is -2.93. The third kappa shape index (κ3) is 9.71. The maximum absolute atomic E-state index is 13.1. The number of nitrogens with one attached hydrogen (secondary N) is 2. The van der Waals surface area contributed by atoms with E-state index in [9.17, 15) is 28.8 Å². The molecular formula is C29H39N3O10. The molecule has 1 unspecified atom stereocenters. The number of imide groups is 2. The Morgan fingerprint density at radius 1 is 0.881 bits per heavy atom. The lowest BCUT2D eigenvalue weighted by Gasteiger charge is -2.27. The Labute approximate surface area is 244 Å². The molecule has 2 heterocycles. The van der Waals surface area contributed by atoms with Crippen LogP contribution in [0.1, 0.15) is 79.0 Å². The fourth-order valence-electron chi connectivity index (χ4n) is 4.53. The first-order valence-electron chi connectivity index (χ1n) is 14.4. The minimum Gasteiger partial charge on any atom is -0.463 e. The van der Waals surface area contributed by atoms with Crippen molar-refractivity contribution in [2.75, 3.05) is 51.6 Å². The number of anilines is 1. The van der Waals surface area contributed by atoms with Crippen molar-refractivity contribution in [3.63, 3.8) is 0 Å². The van der Waals surface area contributed by atoms with E-state index in [4.69, 9.17) is 18.9 Å². The maximum Gasteiger partial charge on any atom is 0.305 e. The van der Waals surface area contributed by atoms with Gasteiger partial charge < -0.3 is 24.3 Å². The summed E-state index contributed by atoms with van der Waals surface area (Å²) in [6.07, 6.45) is 3.63. The molecule has 2 N–H and O–H groups in total. The van der Waals surface area contributed by atoms with Gasteiger partial charge in [-0.2, -0.15) is 0 Å². The molecule has 42 heavy (non-hydrogen) atoms. The quantitative estimate of drug-likeness (QED) is 0.138. The number of nitrogens with zero attached hydrogens (tertiary/aromatic N) is 1. The summed E-state index contributed by atoms with van der Waals surface area (Å²) in [4.78, 5) is 74.4. The number of hydrogen-bond acceptors (Lipinski definition) is 10. The van der Waals surface area contributed by atoms with Gasteiger partial charge in [0.1, 0.15) is 12.6 Å². The lowest BCUT2D eigenvalue weighted by Crippen LogP contribution is -2.54. The summed E-state index contributed by atoms with van der Waals surface area (Å²) in [5, 5.41) is 4.88. The molecule has 3 rings (SSSR count). The highest BCUT2D eigenvalue weighted by molar-refractivity contribution is 6.26. The number of benzene rings is 1. The second-order valence-corrected chi connectivity index (χ2v) is 9.84. The van der Waals surface area contributed by atoms with Crippen molar-refractivity contribution in [2.45, 2.75) is 64.3 Å². The predicted molar refractivity (Wildman–Crippen MR) is 149 cm³/mol. The van der Waals surface area contributed by atoms with Crippen molar-refractivity contribution in [1.82, 2.24) is 10.2 Å². The van der Waals surface area contributed by atoms with Crippen LogP contribution in [0, 0.1) is 0 Å². The van der Waals surface area contributed by atoms with Crippen molar-refractivity contribution >= 4 is 41.2 Å². The van der Waals surface area contributed by atoms with E-state index in [2.05, 4.69) is 10.6 Å². The topological polar surface area (TPSA) is 167 Å². The van der Waals surface area contributed by atoms with Gasteiger partial charge in [-0.1, -0.05) is 19.4 Å². The Morgan fingerprint density at radius 2 is 1.57 bits per heavy atom. The Hall–Kier alpha value is -3.68. The smallest absolute Gasteiger partial charge is 0.305 e. The van der Waals surface area contributed by atoms with E-state index < -0.39 is 29.7 Å². The van der Waals surface area contributed by atoms with Crippen molar-refractivity contribution in [1.29, 1.82) is 0 Å². The molecule has 1 fully saturated rings. The average Bonchev–Trinajstić information content (AvgIpc) is 3.21. The molecule has 13 heteroatoms. The number of fused-ring (bicyclic) bond motifs is 1. The van der Waals surface area contributed by atoms with E-state index in [1.807, 2.05) is 6.92 Å². The molecule has 0 spiro atoms. The van der Waals surface area contributed by atoms with Crippen molar-refractivity contribution in [2.24, 2.45) is 0 Å². The predicted octanol–water partition coefficient (Wildman–Crippen LogP) is 1.98. The van der Waals surface area contributed by atoms with Gasteiger partial charge in [-0.3, -0.25) is 39.0 Å². The number of unbranched alkanes of at least 4 members (excludes halogenated alkanes) is 2. The molecule has 2 aliphatic heterocycles. The molecule has 0 saturated carbocycles. The number of hydrogen-bond donors (Lipinski definition) is 2. The number of ether oxygens (including phenoxy) is 4. The first kappa shape index (κ1) is 32.8. The molecule has 1 atom stereocenters. The highest BCUT2D eigenvalue weighted by atomic mass is 16.6. The van der Waals surface area contributed by atoms with Crippen LogP contribution in [0.4, 0.5) is 5.69 Å². The van der Waals surface area contributed by atoms with Gasteiger partial charge in [0.05, 0.1) is 49.8 Å². The Bertz CT molecular complexity index is 1140.